The molecule has 0 saturated heterocycles. The van der Waals surface area contributed by atoms with E-state index in [1.807, 2.05) is 0 Å². The first-order chi connectivity index (χ1) is 6.89. The Balaban J connectivity index is 4.58. The Labute approximate surface area is 91.2 Å². The molecule has 86 valence electrons. The SMILES string of the molecule is C#CC(C)(C)OP(=O)(OCC)OCC=C. The van der Waals surface area contributed by atoms with E-state index in [4.69, 9.17) is 20.0 Å². The Morgan fingerprint density at radius 1 is 1.53 bits per heavy atom. The molecule has 1 atom stereocenters. The standard InChI is InChI=1S/C10H17O4P/c1-6-9-13-15(11,12-8-3)14-10(4,5)7-2/h2,6H,1,8-9H2,3-5H3. The Hall–Kier alpha value is -0.590. The van der Waals surface area contributed by atoms with Gasteiger partial charge >= 0.3 is 7.82 Å². The van der Waals surface area contributed by atoms with Crippen molar-refractivity contribution in [3.05, 3.63) is 12.7 Å². The van der Waals surface area contributed by atoms with E-state index in [0.717, 1.165) is 0 Å². The molecular formula is C10H17O4P. The summed E-state index contributed by atoms with van der Waals surface area (Å²) in [5.74, 6) is 2.35. The minimum atomic E-state index is -3.59. The second kappa shape index (κ2) is 6.09. The maximum absolute atomic E-state index is 11.9. The van der Waals surface area contributed by atoms with Crippen LogP contribution in [0.15, 0.2) is 12.7 Å². The summed E-state index contributed by atoms with van der Waals surface area (Å²) < 4.78 is 27.0. The molecule has 0 amide bonds. The summed E-state index contributed by atoms with van der Waals surface area (Å²) in [5, 5.41) is 0. The fourth-order valence-electron chi connectivity index (χ4n) is 0.698. The van der Waals surface area contributed by atoms with E-state index in [1.54, 1.807) is 20.8 Å². The Morgan fingerprint density at radius 2 is 2.13 bits per heavy atom. The molecule has 0 radical (unpaired) electrons. The van der Waals surface area contributed by atoms with Crippen LogP contribution in [0.5, 0.6) is 0 Å². The molecule has 0 fully saturated rings. The number of hydrogen-bond acceptors (Lipinski definition) is 4. The average Bonchev–Trinajstić information content (AvgIpc) is 2.14. The monoisotopic (exact) mass is 232 g/mol. The van der Waals surface area contributed by atoms with Crippen molar-refractivity contribution in [2.24, 2.45) is 0 Å². The molecule has 1 unspecified atom stereocenters. The lowest BCUT2D eigenvalue weighted by molar-refractivity contribution is 0.0709. The van der Waals surface area contributed by atoms with E-state index < -0.39 is 13.4 Å². The Bertz CT molecular complexity index is 290. The molecule has 0 bridgehead atoms. The van der Waals surface area contributed by atoms with Gasteiger partial charge in [-0.15, -0.1) is 13.0 Å². The maximum Gasteiger partial charge on any atom is 0.476 e. The van der Waals surface area contributed by atoms with Crippen molar-refractivity contribution < 1.29 is 18.1 Å². The van der Waals surface area contributed by atoms with Gasteiger partial charge in [-0.1, -0.05) is 12.0 Å². The fourth-order valence-corrected chi connectivity index (χ4v) is 2.09. The summed E-state index contributed by atoms with van der Waals surface area (Å²) in [4.78, 5) is 0. The van der Waals surface area contributed by atoms with E-state index >= 15 is 0 Å². The predicted molar refractivity (Wildman–Crippen MR) is 59.4 cm³/mol. The van der Waals surface area contributed by atoms with E-state index in [1.165, 1.54) is 6.08 Å². The van der Waals surface area contributed by atoms with E-state index in [9.17, 15) is 4.57 Å². The summed E-state index contributed by atoms with van der Waals surface area (Å²) in [7, 11) is -3.59. The van der Waals surface area contributed by atoms with Gasteiger partial charge in [-0.25, -0.2) is 4.57 Å². The summed E-state index contributed by atoms with van der Waals surface area (Å²) in [6, 6.07) is 0. The second-order valence-electron chi connectivity index (χ2n) is 3.20. The molecular weight excluding hydrogens is 215 g/mol. The lowest BCUT2D eigenvalue weighted by Crippen LogP contribution is -2.21. The maximum atomic E-state index is 11.9. The van der Waals surface area contributed by atoms with Crippen LogP contribution >= 0.6 is 7.82 Å². The molecule has 15 heavy (non-hydrogen) atoms. The van der Waals surface area contributed by atoms with Crippen LogP contribution < -0.4 is 0 Å². The van der Waals surface area contributed by atoms with Gasteiger partial charge in [0.15, 0.2) is 0 Å². The van der Waals surface area contributed by atoms with Crippen LogP contribution in [0, 0.1) is 12.3 Å². The van der Waals surface area contributed by atoms with Crippen LogP contribution in [0.2, 0.25) is 0 Å². The highest BCUT2D eigenvalue weighted by Crippen LogP contribution is 2.52. The van der Waals surface area contributed by atoms with Gasteiger partial charge in [-0.3, -0.25) is 13.6 Å². The predicted octanol–water partition coefficient (Wildman–Crippen LogP) is 2.76. The van der Waals surface area contributed by atoms with Crippen LogP contribution in [-0.2, 0) is 18.1 Å². The van der Waals surface area contributed by atoms with Crippen LogP contribution in [0.1, 0.15) is 20.8 Å². The minimum Gasteiger partial charge on any atom is -0.287 e. The van der Waals surface area contributed by atoms with Crippen molar-refractivity contribution in [1.29, 1.82) is 0 Å². The highest BCUT2D eigenvalue weighted by atomic mass is 31.2. The Morgan fingerprint density at radius 3 is 2.53 bits per heavy atom. The van der Waals surface area contributed by atoms with Crippen LogP contribution in [0.4, 0.5) is 0 Å². The van der Waals surface area contributed by atoms with Crippen LogP contribution in [0.25, 0.3) is 0 Å². The quantitative estimate of drug-likeness (QED) is 0.384. The normalized spacial score (nSPS) is 15.3. The van der Waals surface area contributed by atoms with Gasteiger partial charge in [-0.2, -0.15) is 0 Å². The molecule has 0 aliphatic rings. The Kier molecular flexibility index (Phi) is 5.85. The molecule has 4 nitrogen and oxygen atoms in total. The van der Waals surface area contributed by atoms with Crippen LogP contribution in [0.3, 0.4) is 0 Å². The number of phosphoric acid groups is 1. The van der Waals surface area contributed by atoms with Gasteiger partial charge in [0.2, 0.25) is 0 Å². The zero-order chi connectivity index (χ0) is 11.9. The van der Waals surface area contributed by atoms with Crippen LogP contribution in [-0.4, -0.2) is 18.8 Å². The number of phosphoric ester groups is 1. The number of rotatable bonds is 7. The lowest BCUT2D eigenvalue weighted by atomic mass is 10.2. The highest BCUT2D eigenvalue weighted by Gasteiger charge is 2.33. The molecule has 0 aromatic rings. The first kappa shape index (κ1) is 14.4. The third kappa shape index (κ3) is 5.76. The van der Waals surface area contributed by atoms with Gasteiger partial charge in [-0.05, 0) is 20.8 Å². The van der Waals surface area contributed by atoms with E-state index in [2.05, 4.69) is 12.5 Å². The minimum absolute atomic E-state index is 0.0813. The third-order valence-corrected chi connectivity index (χ3v) is 3.05. The van der Waals surface area contributed by atoms with Gasteiger partial charge in [0.1, 0.15) is 5.60 Å². The largest absolute Gasteiger partial charge is 0.476 e. The molecule has 5 heteroatoms. The summed E-state index contributed by atoms with van der Waals surface area (Å²) in [6.07, 6.45) is 6.67. The van der Waals surface area contributed by atoms with Gasteiger partial charge < -0.3 is 0 Å². The molecule has 0 heterocycles. The molecule has 0 spiro atoms. The van der Waals surface area contributed by atoms with E-state index in [0.29, 0.717) is 0 Å². The smallest absolute Gasteiger partial charge is 0.287 e. The van der Waals surface area contributed by atoms with Crippen molar-refractivity contribution in [2.75, 3.05) is 13.2 Å². The van der Waals surface area contributed by atoms with Crippen molar-refractivity contribution in [1.82, 2.24) is 0 Å². The molecule has 0 N–H and O–H groups in total. The van der Waals surface area contributed by atoms with Crippen molar-refractivity contribution in [3.63, 3.8) is 0 Å². The van der Waals surface area contributed by atoms with Crippen molar-refractivity contribution >= 4 is 7.82 Å². The fraction of sp³-hybridized carbons (Fsp3) is 0.600. The molecule has 0 aliphatic carbocycles. The summed E-state index contributed by atoms with van der Waals surface area (Å²) >= 11 is 0. The molecule has 0 aliphatic heterocycles. The molecule has 0 aromatic carbocycles. The molecule has 0 aromatic heterocycles. The molecule has 0 saturated carbocycles. The average molecular weight is 232 g/mol. The van der Waals surface area contributed by atoms with Crippen molar-refractivity contribution in [3.8, 4) is 12.3 Å². The summed E-state index contributed by atoms with van der Waals surface area (Å²) in [6.45, 7) is 8.65. The topological polar surface area (TPSA) is 44.8 Å². The number of terminal acetylenes is 1. The first-order valence-electron chi connectivity index (χ1n) is 4.57. The van der Waals surface area contributed by atoms with Gasteiger partial charge in [0, 0.05) is 0 Å². The van der Waals surface area contributed by atoms with E-state index in [-0.39, 0.29) is 13.2 Å². The van der Waals surface area contributed by atoms with Crippen molar-refractivity contribution in [2.45, 2.75) is 26.4 Å². The lowest BCUT2D eigenvalue weighted by Gasteiger charge is -2.24. The highest BCUT2D eigenvalue weighted by molar-refractivity contribution is 7.48. The number of hydrogen-bond donors (Lipinski definition) is 0. The zero-order valence-electron chi connectivity index (χ0n) is 9.36. The first-order valence-corrected chi connectivity index (χ1v) is 6.03. The van der Waals surface area contributed by atoms with Gasteiger partial charge in [0.25, 0.3) is 0 Å². The van der Waals surface area contributed by atoms with Gasteiger partial charge in [0.05, 0.1) is 13.2 Å². The molecule has 0 rings (SSSR count). The third-order valence-electron chi connectivity index (χ3n) is 1.33. The zero-order valence-corrected chi connectivity index (χ0v) is 10.3. The second-order valence-corrected chi connectivity index (χ2v) is 4.79. The summed E-state index contributed by atoms with van der Waals surface area (Å²) in [5.41, 5.74) is -0.994.